The zero-order valence-corrected chi connectivity index (χ0v) is 16.5. The van der Waals surface area contributed by atoms with E-state index in [1.54, 1.807) is 6.07 Å². The number of amides is 1. The highest BCUT2D eigenvalue weighted by Gasteiger charge is 2.31. The molecular weight excluding hydrogens is 413 g/mol. The smallest absolute Gasteiger partial charge is 0.406 e. The quantitative estimate of drug-likeness (QED) is 0.408. The second-order valence-corrected chi connectivity index (χ2v) is 7.53. The highest BCUT2D eigenvalue weighted by Crippen LogP contribution is 2.29. The first kappa shape index (κ1) is 19.9. The van der Waals surface area contributed by atoms with Gasteiger partial charge in [-0.25, -0.2) is 4.98 Å². The maximum Gasteiger partial charge on any atom is 0.573 e. The van der Waals surface area contributed by atoms with E-state index < -0.39 is 6.36 Å². The van der Waals surface area contributed by atoms with E-state index in [0.29, 0.717) is 27.8 Å². The molecule has 4 rings (SSSR count). The molecule has 0 aliphatic heterocycles. The largest absolute Gasteiger partial charge is 0.573 e. The Balaban J connectivity index is 1.67. The molecule has 0 aliphatic rings. The normalized spacial score (nSPS) is 11.5. The number of hydrogen-bond acceptors (Lipinski definition) is 4. The maximum absolute atomic E-state index is 13.0. The summed E-state index contributed by atoms with van der Waals surface area (Å²) in [4.78, 5) is 18.6. The van der Waals surface area contributed by atoms with Crippen LogP contribution in [-0.2, 0) is 0 Å². The monoisotopic (exact) mass is 428 g/mol. The number of aryl methyl sites for hydroxylation is 1. The van der Waals surface area contributed by atoms with Crippen LogP contribution in [-0.4, -0.2) is 17.3 Å². The molecule has 0 saturated heterocycles. The van der Waals surface area contributed by atoms with Gasteiger partial charge in [-0.05, 0) is 60.8 Å². The highest BCUT2D eigenvalue weighted by atomic mass is 32.1. The van der Waals surface area contributed by atoms with Crippen molar-refractivity contribution in [1.29, 1.82) is 0 Å². The SMILES string of the molecule is Cc1ccc2nc(-c3cccs3)cc(C(=O)Nc3ccc(OC(F)(F)F)cc3)c2c1. The Hall–Kier alpha value is -3.39. The lowest BCUT2D eigenvalue weighted by molar-refractivity contribution is -0.274. The summed E-state index contributed by atoms with van der Waals surface area (Å²) in [5.41, 5.74) is 3.13. The third kappa shape index (κ3) is 4.44. The summed E-state index contributed by atoms with van der Waals surface area (Å²) in [6, 6.07) is 16.2. The zero-order valence-electron chi connectivity index (χ0n) is 15.7. The van der Waals surface area contributed by atoms with Gasteiger partial charge < -0.3 is 10.1 Å². The van der Waals surface area contributed by atoms with Gasteiger partial charge in [-0.1, -0.05) is 17.7 Å². The first-order valence-electron chi connectivity index (χ1n) is 8.91. The highest BCUT2D eigenvalue weighted by molar-refractivity contribution is 7.13. The second-order valence-electron chi connectivity index (χ2n) is 6.58. The number of rotatable bonds is 4. The van der Waals surface area contributed by atoms with E-state index in [1.165, 1.54) is 23.5 Å². The van der Waals surface area contributed by atoms with Crippen LogP contribution in [0.15, 0.2) is 66.0 Å². The third-order valence-corrected chi connectivity index (χ3v) is 5.22. The molecule has 0 saturated carbocycles. The molecule has 0 atom stereocenters. The number of benzene rings is 2. The fourth-order valence-corrected chi connectivity index (χ4v) is 3.70. The molecule has 1 N–H and O–H groups in total. The number of anilines is 1. The van der Waals surface area contributed by atoms with Crippen molar-refractivity contribution >= 4 is 33.8 Å². The summed E-state index contributed by atoms with van der Waals surface area (Å²) >= 11 is 1.52. The lowest BCUT2D eigenvalue weighted by Crippen LogP contribution is -2.17. The minimum Gasteiger partial charge on any atom is -0.406 e. The Morgan fingerprint density at radius 1 is 1.07 bits per heavy atom. The number of hydrogen-bond donors (Lipinski definition) is 1. The Labute approximate surface area is 174 Å². The molecule has 0 unspecified atom stereocenters. The molecule has 2 aromatic carbocycles. The second kappa shape index (κ2) is 7.79. The molecule has 0 radical (unpaired) electrons. The molecule has 0 spiro atoms. The Bertz CT molecular complexity index is 1200. The average Bonchev–Trinajstić information content (AvgIpc) is 3.22. The molecule has 4 nitrogen and oxygen atoms in total. The van der Waals surface area contributed by atoms with Crippen LogP contribution in [0.2, 0.25) is 0 Å². The summed E-state index contributed by atoms with van der Waals surface area (Å²) in [5.74, 6) is -0.735. The zero-order chi connectivity index (χ0) is 21.3. The van der Waals surface area contributed by atoms with Crippen molar-refractivity contribution in [2.75, 3.05) is 5.32 Å². The van der Waals surface area contributed by atoms with Gasteiger partial charge in [0.1, 0.15) is 5.75 Å². The number of pyridine rings is 1. The first-order chi connectivity index (χ1) is 14.3. The number of halogens is 3. The number of fused-ring (bicyclic) bond motifs is 1. The van der Waals surface area contributed by atoms with E-state index in [9.17, 15) is 18.0 Å². The molecule has 1 amide bonds. The Kier molecular flexibility index (Phi) is 5.17. The van der Waals surface area contributed by atoms with Crippen molar-refractivity contribution in [3.63, 3.8) is 0 Å². The number of aromatic nitrogens is 1. The molecular formula is C22H15F3N2O2S. The van der Waals surface area contributed by atoms with Crippen molar-refractivity contribution in [2.45, 2.75) is 13.3 Å². The van der Waals surface area contributed by atoms with E-state index in [0.717, 1.165) is 22.6 Å². The van der Waals surface area contributed by atoms with E-state index in [2.05, 4.69) is 15.0 Å². The van der Waals surface area contributed by atoms with Crippen molar-refractivity contribution in [2.24, 2.45) is 0 Å². The van der Waals surface area contributed by atoms with Gasteiger partial charge in [0.2, 0.25) is 0 Å². The predicted octanol–water partition coefficient (Wildman–Crippen LogP) is 6.42. The Morgan fingerprint density at radius 3 is 2.50 bits per heavy atom. The number of nitrogens with zero attached hydrogens (tertiary/aromatic N) is 1. The minimum absolute atomic E-state index is 0.352. The number of alkyl halides is 3. The molecule has 152 valence electrons. The van der Waals surface area contributed by atoms with Crippen LogP contribution in [0.4, 0.5) is 18.9 Å². The van der Waals surface area contributed by atoms with Crippen LogP contribution < -0.4 is 10.1 Å². The number of ether oxygens (including phenoxy) is 1. The van der Waals surface area contributed by atoms with Crippen LogP contribution in [0.1, 0.15) is 15.9 Å². The van der Waals surface area contributed by atoms with Crippen LogP contribution in [0, 0.1) is 6.92 Å². The molecule has 2 heterocycles. The van der Waals surface area contributed by atoms with Crippen molar-refractivity contribution in [3.8, 4) is 16.3 Å². The molecule has 2 aromatic heterocycles. The summed E-state index contributed by atoms with van der Waals surface area (Å²) < 4.78 is 40.8. The van der Waals surface area contributed by atoms with E-state index >= 15 is 0 Å². The van der Waals surface area contributed by atoms with Crippen LogP contribution >= 0.6 is 11.3 Å². The lowest BCUT2D eigenvalue weighted by Gasteiger charge is -2.12. The molecule has 0 aliphatic carbocycles. The topological polar surface area (TPSA) is 51.2 Å². The molecule has 8 heteroatoms. The van der Waals surface area contributed by atoms with Crippen LogP contribution in [0.3, 0.4) is 0 Å². The fraction of sp³-hybridized carbons (Fsp3) is 0.0909. The van der Waals surface area contributed by atoms with Gasteiger partial charge in [0.15, 0.2) is 0 Å². The van der Waals surface area contributed by atoms with Crippen LogP contribution in [0.5, 0.6) is 5.75 Å². The van der Waals surface area contributed by atoms with Gasteiger partial charge in [-0.15, -0.1) is 24.5 Å². The predicted molar refractivity (Wildman–Crippen MR) is 111 cm³/mol. The lowest BCUT2D eigenvalue weighted by atomic mass is 10.0. The molecule has 0 fully saturated rings. The van der Waals surface area contributed by atoms with Gasteiger partial charge in [0.05, 0.1) is 21.7 Å². The third-order valence-electron chi connectivity index (χ3n) is 4.33. The molecule has 30 heavy (non-hydrogen) atoms. The van der Waals surface area contributed by atoms with Gasteiger partial charge in [0, 0.05) is 11.1 Å². The van der Waals surface area contributed by atoms with Gasteiger partial charge in [-0.2, -0.15) is 0 Å². The minimum atomic E-state index is -4.77. The Morgan fingerprint density at radius 2 is 1.83 bits per heavy atom. The summed E-state index contributed by atoms with van der Waals surface area (Å²) in [6.45, 7) is 1.92. The average molecular weight is 428 g/mol. The number of carbonyl (C=O) groups is 1. The first-order valence-corrected chi connectivity index (χ1v) is 9.79. The van der Waals surface area contributed by atoms with Crippen molar-refractivity contribution in [3.05, 3.63) is 77.2 Å². The van der Waals surface area contributed by atoms with E-state index in [4.69, 9.17) is 0 Å². The molecule has 0 bridgehead atoms. The number of nitrogens with one attached hydrogen (secondary N) is 1. The van der Waals surface area contributed by atoms with Crippen LogP contribution in [0.25, 0.3) is 21.5 Å². The standard InChI is InChI=1S/C22H15F3N2O2S/c1-13-4-9-18-16(11-13)17(12-19(27-18)20-3-2-10-30-20)21(28)26-14-5-7-15(8-6-14)29-22(23,24)25/h2-12H,1H3,(H,26,28). The van der Waals surface area contributed by atoms with Gasteiger partial charge in [0.25, 0.3) is 5.91 Å². The summed E-state index contributed by atoms with van der Waals surface area (Å²) in [6.07, 6.45) is -4.77. The molecule has 4 aromatic rings. The van der Waals surface area contributed by atoms with Crippen molar-refractivity contribution < 1.29 is 22.7 Å². The van der Waals surface area contributed by atoms with Gasteiger partial charge in [-0.3, -0.25) is 4.79 Å². The van der Waals surface area contributed by atoms with Crippen molar-refractivity contribution in [1.82, 2.24) is 4.98 Å². The fourth-order valence-electron chi connectivity index (χ4n) is 3.02. The maximum atomic E-state index is 13.0. The van der Waals surface area contributed by atoms with E-state index in [1.807, 2.05) is 42.6 Å². The number of carbonyl (C=O) groups excluding carboxylic acids is 1. The van der Waals surface area contributed by atoms with Gasteiger partial charge >= 0.3 is 6.36 Å². The number of thiophene rings is 1. The van der Waals surface area contributed by atoms with E-state index in [-0.39, 0.29) is 11.7 Å². The summed E-state index contributed by atoms with van der Waals surface area (Å²) in [7, 11) is 0. The summed E-state index contributed by atoms with van der Waals surface area (Å²) in [5, 5.41) is 5.36.